The van der Waals surface area contributed by atoms with Crippen LogP contribution in [0, 0.1) is 13.8 Å². The molecule has 0 bridgehead atoms. The van der Waals surface area contributed by atoms with Crippen LogP contribution in [0.25, 0.3) is 0 Å². The Kier molecular flexibility index (Phi) is 6.65. The number of hydrogen-bond acceptors (Lipinski definition) is 4. The van der Waals surface area contributed by atoms with Gasteiger partial charge in [-0.1, -0.05) is 35.3 Å². The smallest absolute Gasteiger partial charge is 0.307 e. The molecule has 0 spiro atoms. The van der Waals surface area contributed by atoms with Crippen molar-refractivity contribution in [1.82, 2.24) is 14.8 Å². The van der Waals surface area contributed by atoms with E-state index in [9.17, 15) is 18.0 Å². The van der Waals surface area contributed by atoms with Crippen LogP contribution in [0.4, 0.5) is 19.0 Å². The largest absolute Gasteiger partial charge is 0.423 e. The number of carbonyl (C=O) groups is 1. The zero-order chi connectivity index (χ0) is 25.7. The van der Waals surface area contributed by atoms with Gasteiger partial charge in [0.1, 0.15) is 5.82 Å². The number of anilines is 1. The Morgan fingerprint density at radius 3 is 2.31 bits per heavy atom. The van der Waals surface area contributed by atoms with Crippen LogP contribution in [0.3, 0.4) is 0 Å². The molecule has 1 fully saturated rings. The molecule has 1 aromatic heterocycles. The van der Waals surface area contributed by atoms with Crippen LogP contribution in [-0.4, -0.2) is 34.0 Å². The van der Waals surface area contributed by atoms with Gasteiger partial charge in [-0.05, 0) is 54.8 Å². The van der Waals surface area contributed by atoms with E-state index in [-0.39, 0.29) is 21.5 Å². The number of nitrogens with one attached hydrogen (secondary N) is 1. The quantitative estimate of drug-likeness (QED) is 0.429. The highest BCUT2D eigenvalue weighted by atomic mass is 35.5. The average Bonchev–Trinajstić information content (AvgIpc) is 3.26. The fraction of sp³-hybridized carbons (Fsp3) is 0.333. The first kappa shape index (κ1) is 25.5. The van der Waals surface area contributed by atoms with Crippen molar-refractivity contribution in [2.45, 2.75) is 38.1 Å². The fourth-order valence-electron chi connectivity index (χ4n) is 4.42. The van der Waals surface area contributed by atoms with E-state index in [4.69, 9.17) is 28.0 Å². The second kappa shape index (κ2) is 9.13. The average molecular weight is 527 g/mol. The highest BCUT2D eigenvalue weighted by Gasteiger charge is 2.63. The fourth-order valence-corrected chi connectivity index (χ4v) is 4.95. The molecule has 11 heteroatoms. The van der Waals surface area contributed by atoms with Crippen molar-refractivity contribution in [1.29, 1.82) is 0 Å². The molecule has 0 aliphatic carbocycles. The highest BCUT2D eigenvalue weighted by Crippen LogP contribution is 2.54. The van der Waals surface area contributed by atoms with E-state index in [0.717, 1.165) is 5.69 Å². The van der Waals surface area contributed by atoms with Crippen molar-refractivity contribution < 1.29 is 22.8 Å². The third kappa shape index (κ3) is 4.78. The Morgan fingerprint density at radius 1 is 1.11 bits per heavy atom. The number of nitrogens with zero attached hydrogens (tertiary/aromatic N) is 3. The normalized spacial score (nSPS) is 20.9. The molecule has 1 amide bonds. The van der Waals surface area contributed by atoms with Crippen LogP contribution in [0.15, 0.2) is 42.5 Å². The van der Waals surface area contributed by atoms with Crippen LogP contribution in [0.2, 0.25) is 10.0 Å². The zero-order valence-corrected chi connectivity index (χ0v) is 20.9. The summed E-state index contributed by atoms with van der Waals surface area (Å²) >= 11 is 12.0. The number of halogens is 5. The van der Waals surface area contributed by atoms with Gasteiger partial charge in [0.25, 0.3) is 5.91 Å². The predicted octanol–water partition coefficient (Wildman–Crippen LogP) is 6.36. The molecule has 3 aromatic rings. The minimum Gasteiger partial charge on any atom is -0.307 e. The molecular formula is C24H23Cl2F3N4O2. The molecule has 1 aliphatic heterocycles. The summed E-state index contributed by atoms with van der Waals surface area (Å²) in [5, 5.41) is 8.36. The maximum atomic E-state index is 14.4. The van der Waals surface area contributed by atoms with Gasteiger partial charge in [0.2, 0.25) is 5.60 Å². The summed E-state index contributed by atoms with van der Waals surface area (Å²) in [4.78, 5) is 18.3. The third-order valence-electron chi connectivity index (χ3n) is 6.13. The van der Waals surface area contributed by atoms with Crippen LogP contribution in [-0.2, 0) is 17.5 Å². The van der Waals surface area contributed by atoms with E-state index in [1.807, 2.05) is 6.92 Å². The molecule has 1 saturated heterocycles. The number of rotatable bonds is 4. The van der Waals surface area contributed by atoms with Crippen molar-refractivity contribution in [3.8, 4) is 0 Å². The maximum Gasteiger partial charge on any atom is 0.423 e. The Hall–Kier alpha value is -2.59. The van der Waals surface area contributed by atoms with E-state index >= 15 is 0 Å². The van der Waals surface area contributed by atoms with Gasteiger partial charge in [-0.3, -0.25) is 14.3 Å². The van der Waals surface area contributed by atoms with E-state index in [0.29, 0.717) is 22.5 Å². The molecule has 186 valence electrons. The number of amides is 1. The Morgan fingerprint density at radius 2 is 1.77 bits per heavy atom. The first-order valence-corrected chi connectivity index (χ1v) is 11.4. The highest BCUT2D eigenvalue weighted by molar-refractivity contribution is 6.34. The van der Waals surface area contributed by atoms with Crippen LogP contribution < -0.4 is 5.32 Å². The molecule has 2 unspecified atom stereocenters. The summed E-state index contributed by atoms with van der Waals surface area (Å²) in [6, 6.07) is 9.75. The van der Waals surface area contributed by atoms with Crippen molar-refractivity contribution >= 4 is 34.9 Å². The molecule has 6 nitrogen and oxygen atoms in total. The van der Waals surface area contributed by atoms with Crippen molar-refractivity contribution in [3.05, 3.63) is 80.5 Å². The van der Waals surface area contributed by atoms with Crippen LogP contribution in [0.5, 0.6) is 0 Å². The predicted molar refractivity (Wildman–Crippen MR) is 127 cm³/mol. The summed E-state index contributed by atoms with van der Waals surface area (Å²) in [6.45, 7) is 3.55. The Bertz CT molecular complexity index is 1270. The van der Waals surface area contributed by atoms with Gasteiger partial charge >= 0.3 is 6.18 Å². The standard InChI is InChI=1S/C24H23Cl2F3N4O2/c1-13-7-15(5-6-19(13)22(34)30-21-8-14(2)31-32(21)3)20-12-23(24(27,28)29,35-33(20)4)16-9-17(25)11-18(26)10-16/h5-11,20H,12H2,1-4H3,(H,30,34). The molecular weight excluding hydrogens is 504 g/mol. The molecule has 2 heterocycles. The molecule has 4 rings (SSSR count). The van der Waals surface area contributed by atoms with E-state index in [1.54, 1.807) is 42.9 Å². The summed E-state index contributed by atoms with van der Waals surface area (Å²) in [6.07, 6.45) is -5.15. The number of aryl methyl sites for hydroxylation is 3. The first-order chi connectivity index (χ1) is 16.3. The Balaban J connectivity index is 1.64. The van der Waals surface area contributed by atoms with Gasteiger partial charge in [0, 0.05) is 42.2 Å². The lowest BCUT2D eigenvalue weighted by Gasteiger charge is -2.31. The van der Waals surface area contributed by atoms with Gasteiger partial charge in [-0.2, -0.15) is 23.3 Å². The zero-order valence-electron chi connectivity index (χ0n) is 19.4. The van der Waals surface area contributed by atoms with Gasteiger partial charge in [0.05, 0.1) is 11.7 Å². The molecule has 1 N–H and O–H groups in total. The topological polar surface area (TPSA) is 59.4 Å². The van der Waals surface area contributed by atoms with Gasteiger partial charge in [-0.15, -0.1) is 0 Å². The lowest BCUT2D eigenvalue weighted by atomic mass is 9.85. The van der Waals surface area contributed by atoms with E-state index in [2.05, 4.69) is 10.4 Å². The summed E-state index contributed by atoms with van der Waals surface area (Å²) in [5.41, 5.74) is -0.440. The summed E-state index contributed by atoms with van der Waals surface area (Å²) in [7, 11) is 3.17. The van der Waals surface area contributed by atoms with Gasteiger partial charge < -0.3 is 5.32 Å². The summed E-state index contributed by atoms with van der Waals surface area (Å²) < 4.78 is 44.8. The molecule has 35 heavy (non-hydrogen) atoms. The molecule has 1 aliphatic rings. The minimum absolute atomic E-state index is 0.0839. The number of hydrogen-bond donors (Lipinski definition) is 1. The van der Waals surface area contributed by atoms with Crippen LogP contribution >= 0.6 is 23.2 Å². The second-order valence-corrected chi connectivity index (χ2v) is 9.54. The molecule has 2 atom stereocenters. The van der Waals surface area contributed by atoms with Gasteiger partial charge in [0.15, 0.2) is 0 Å². The number of aromatic nitrogens is 2. The van der Waals surface area contributed by atoms with E-state index in [1.165, 1.54) is 30.3 Å². The number of alkyl halides is 3. The lowest BCUT2D eigenvalue weighted by Crippen LogP contribution is -2.42. The van der Waals surface area contributed by atoms with E-state index < -0.39 is 24.2 Å². The van der Waals surface area contributed by atoms with Crippen molar-refractivity contribution in [2.75, 3.05) is 12.4 Å². The second-order valence-electron chi connectivity index (χ2n) is 8.66. The molecule has 0 saturated carbocycles. The van der Waals surface area contributed by atoms with Gasteiger partial charge in [-0.25, -0.2) is 0 Å². The SMILES string of the molecule is Cc1cc(NC(=O)c2ccc(C3CC(c4cc(Cl)cc(Cl)c4)(C(F)(F)F)ON3C)cc2C)n(C)n1. The monoisotopic (exact) mass is 526 g/mol. The van der Waals surface area contributed by atoms with Crippen LogP contribution in [0.1, 0.15) is 45.2 Å². The van der Waals surface area contributed by atoms with Crippen molar-refractivity contribution in [2.24, 2.45) is 7.05 Å². The number of benzene rings is 2. The minimum atomic E-state index is -4.74. The maximum absolute atomic E-state index is 14.4. The van der Waals surface area contributed by atoms with Crippen molar-refractivity contribution in [3.63, 3.8) is 0 Å². The number of carbonyl (C=O) groups excluding carboxylic acids is 1. The third-order valence-corrected chi connectivity index (χ3v) is 6.57. The first-order valence-electron chi connectivity index (χ1n) is 10.7. The number of hydroxylamine groups is 2. The lowest BCUT2D eigenvalue weighted by molar-refractivity contribution is -0.322. The Labute approximate surface area is 210 Å². The summed E-state index contributed by atoms with van der Waals surface area (Å²) in [5.74, 6) is 0.196. The molecule has 0 radical (unpaired) electrons. The molecule has 2 aromatic carbocycles.